The minimum atomic E-state index is -0.768. The van der Waals surface area contributed by atoms with Gasteiger partial charge in [0.25, 0.3) is 5.69 Å². The van der Waals surface area contributed by atoms with Crippen molar-refractivity contribution in [2.45, 2.75) is 18.9 Å². The Labute approximate surface area is 136 Å². The molecule has 0 spiro atoms. The molecule has 24 heavy (non-hydrogen) atoms. The lowest BCUT2D eigenvalue weighted by Crippen LogP contribution is -2.27. The first-order valence-electron chi connectivity index (χ1n) is 7.47. The van der Waals surface area contributed by atoms with E-state index in [2.05, 4.69) is 0 Å². The minimum Gasteiger partial charge on any atom is -0.481 e. The van der Waals surface area contributed by atoms with Gasteiger partial charge in [0.1, 0.15) is 16.9 Å². The summed E-state index contributed by atoms with van der Waals surface area (Å²) < 4.78 is 11.5. The summed E-state index contributed by atoms with van der Waals surface area (Å²) in [5.74, 6) is 0.530. The standard InChI is InChI=1S/C18H13NO5/c1-18(11-6-8-12(9-7-11)19(21)22)10-14-16(24-18)13-4-2-3-5-15(13)23-17(14)20/h2-9H,10H2,1H3. The van der Waals surface area contributed by atoms with Crippen LogP contribution in [0.5, 0.6) is 5.75 Å². The zero-order chi connectivity index (χ0) is 16.9. The van der Waals surface area contributed by atoms with Crippen LogP contribution in [0.3, 0.4) is 0 Å². The molecule has 0 saturated heterocycles. The first-order chi connectivity index (χ1) is 11.5. The van der Waals surface area contributed by atoms with Crippen LogP contribution in [0.1, 0.15) is 18.1 Å². The normalized spacial score (nSPS) is 19.0. The van der Waals surface area contributed by atoms with Crippen LogP contribution < -0.4 is 10.4 Å². The lowest BCUT2D eigenvalue weighted by atomic mass is 9.91. The highest BCUT2D eigenvalue weighted by Crippen LogP contribution is 2.43. The highest BCUT2D eigenvalue weighted by molar-refractivity contribution is 5.85. The fraction of sp³-hybridized carbons (Fsp3) is 0.167. The van der Waals surface area contributed by atoms with Crippen molar-refractivity contribution in [1.29, 1.82) is 0 Å². The number of nitro benzene ring substituents is 1. The van der Waals surface area contributed by atoms with Crippen LogP contribution >= 0.6 is 0 Å². The Bertz CT molecular complexity index is 1020. The summed E-state index contributed by atoms with van der Waals surface area (Å²) in [7, 11) is 0. The molecule has 6 nitrogen and oxygen atoms in total. The molecule has 0 saturated carbocycles. The quantitative estimate of drug-likeness (QED) is 0.409. The first-order valence-corrected chi connectivity index (χ1v) is 7.47. The van der Waals surface area contributed by atoms with Gasteiger partial charge in [0.15, 0.2) is 0 Å². The van der Waals surface area contributed by atoms with Crippen molar-refractivity contribution < 1.29 is 14.1 Å². The second-order valence-electron chi connectivity index (χ2n) is 6.01. The van der Waals surface area contributed by atoms with Crippen molar-refractivity contribution in [3.8, 4) is 5.75 Å². The molecule has 0 N–H and O–H groups in total. The number of benzene rings is 2. The highest BCUT2D eigenvalue weighted by atomic mass is 16.6. The summed E-state index contributed by atoms with van der Waals surface area (Å²) >= 11 is 0. The predicted molar refractivity (Wildman–Crippen MR) is 87.3 cm³/mol. The second kappa shape index (κ2) is 4.92. The highest BCUT2D eigenvalue weighted by Gasteiger charge is 2.40. The van der Waals surface area contributed by atoms with E-state index in [4.69, 9.17) is 9.15 Å². The van der Waals surface area contributed by atoms with Gasteiger partial charge in [-0.1, -0.05) is 12.1 Å². The van der Waals surface area contributed by atoms with Crippen LogP contribution in [-0.4, -0.2) is 4.92 Å². The van der Waals surface area contributed by atoms with Gasteiger partial charge in [0.05, 0.1) is 15.9 Å². The van der Waals surface area contributed by atoms with E-state index in [1.54, 1.807) is 24.3 Å². The molecule has 0 aliphatic carbocycles. The van der Waals surface area contributed by atoms with Crippen LogP contribution in [-0.2, 0) is 12.0 Å². The van der Waals surface area contributed by atoms with Gasteiger partial charge in [-0.3, -0.25) is 10.1 Å². The molecule has 0 bridgehead atoms. The summed E-state index contributed by atoms with van der Waals surface area (Å²) in [4.78, 5) is 22.6. The summed E-state index contributed by atoms with van der Waals surface area (Å²) in [6.45, 7) is 1.86. The van der Waals surface area contributed by atoms with Crippen molar-refractivity contribution in [2.75, 3.05) is 0 Å². The van der Waals surface area contributed by atoms with Crippen LogP contribution in [0.4, 0.5) is 5.69 Å². The number of non-ortho nitro benzene ring substituents is 1. The number of fused-ring (bicyclic) bond motifs is 3. The van der Waals surface area contributed by atoms with Gasteiger partial charge in [-0.05, 0) is 36.8 Å². The molecule has 120 valence electrons. The molecule has 1 atom stereocenters. The molecule has 1 aliphatic heterocycles. The number of nitrogens with zero attached hydrogens (tertiary/aromatic N) is 1. The molecule has 0 fully saturated rings. The average molecular weight is 323 g/mol. The Morgan fingerprint density at radius 2 is 1.83 bits per heavy atom. The smallest absolute Gasteiger partial charge is 0.343 e. The fourth-order valence-electron chi connectivity index (χ4n) is 3.12. The molecule has 1 aliphatic rings. The first kappa shape index (κ1) is 14.4. The number of hydrogen-bond acceptors (Lipinski definition) is 5. The molecule has 3 aromatic rings. The molecular weight excluding hydrogens is 310 g/mol. The van der Waals surface area contributed by atoms with Crippen molar-refractivity contribution in [2.24, 2.45) is 0 Å². The maximum Gasteiger partial charge on any atom is 0.343 e. The van der Waals surface area contributed by atoms with E-state index in [9.17, 15) is 14.9 Å². The zero-order valence-electron chi connectivity index (χ0n) is 12.8. The molecule has 6 heteroatoms. The third-order valence-electron chi connectivity index (χ3n) is 4.39. The van der Waals surface area contributed by atoms with Crippen molar-refractivity contribution in [3.05, 3.63) is 80.2 Å². The largest absolute Gasteiger partial charge is 0.481 e. The summed E-state index contributed by atoms with van der Waals surface area (Å²) in [5, 5.41) is 11.6. The van der Waals surface area contributed by atoms with Gasteiger partial charge in [0.2, 0.25) is 0 Å². The fourth-order valence-corrected chi connectivity index (χ4v) is 3.12. The average Bonchev–Trinajstić information content (AvgIpc) is 2.95. The molecule has 1 aromatic heterocycles. The van der Waals surface area contributed by atoms with E-state index >= 15 is 0 Å². The SMILES string of the molecule is CC1(c2ccc([N+](=O)[O-])cc2)Cc2c(c3ccccc3oc2=O)O1. The number of hydrogen-bond donors (Lipinski definition) is 0. The number of ether oxygens (including phenoxy) is 1. The lowest BCUT2D eigenvalue weighted by molar-refractivity contribution is -0.384. The number of nitro groups is 1. The molecule has 0 amide bonds. The van der Waals surface area contributed by atoms with Crippen LogP contribution in [0.15, 0.2) is 57.7 Å². The van der Waals surface area contributed by atoms with E-state index in [0.717, 1.165) is 10.9 Å². The minimum absolute atomic E-state index is 0.0165. The lowest BCUT2D eigenvalue weighted by Gasteiger charge is -2.24. The molecule has 2 aromatic carbocycles. The van der Waals surface area contributed by atoms with Crippen LogP contribution in [0, 0.1) is 10.1 Å². The Kier molecular flexibility index (Phi) is 2.96. The monoisotopic (exact) mass is 323 g/mol. The van der Waals surface area contributed by atoms with E-state index in [1.807, 2.05) is 19.1 Å². The van der Waals surface area contributed by atoms with Crippen LogP contribution in [0.25, 0.3) is 11.0 Å². The molecule has 2 heterocycles. The molecular formula is C18H13NO5. The number of para-hydroxylation sites is 1. The Hall–Kier alpha value is -3.15. The van der Waals surface area contributed by atoms with Gasteiger partial charge in [-0.25, -0.2) is 4.79 Å². The van der Waals surface area contributed by atoms with Crippen LogP contribution in [0.2, 0.25) is 0 Å². The Morgan fingerprint density at radius 1 is 1.12 bits per heavy atom. The van der Waals surface area contributed by atoms with Crippen molar-refractivity contribution in [1.82, 2.24) is 0 Å². The molecule has 0 radical (unpaired) electrons. The predicted octanol–water partition coefficient (Wildman–Crippen LogP) is 3.55. The van der Waals surface area contributed by atoms with E-state index in [-0.39, 0.29) is 5.69 Å². The van der Waals surface area contributed by atoms with Crippen molar-refractivity contribution >= 4 is 16.7 Å². The van der Waals surface area contributed by atoms with Gasteiger partial charge in [-0.2, -0.15) is 0 Å². The third kappa shape index (κ3) is 2.07. The van der Waals surface area contributed by atoms with Gasteiger partial charge < -0.3 is 9.15 Å². The van der Waals surface area contributed by atoms with Crippen molar-refractivity contribution in [3.63, 3.8) is 0 Å². The van der Waals surface area contributed by atoms with Gasteiger partial charge >= 0.3 is 5.63 Å². The number of rotatable bonds is 2. The van der Waals surface area contributed by atoms with Gasteiger partial charge in [-0.15, -0.1) is 0 Å². The maximum absolute atomic E-state index is 12.3. The van der Waals surface area contributed by atoms with E-state index in [0.29, 0.717) is 23.3 Å². The summed E-state index contributed by atoms with van der Waals surface area (Å²) in [5.41, 5.74) is 0.588. The maximum atomic E-state index is 12.3. The van der Waals surface area contributed by atoms with E-state index < -0.39 is 16.1 Å². The second-order valence-corrected chi connectivity index (χ2v) is 6.01. The topological polar surface area (TPSA) is 82.6 Å². The molecule has 4 rings (SSSR count). The van der Waals surface area contributed by atoms with E-state index in [1.165, 1.54) is 12.1 Å². The Morgan fingerprint density at radius 3 is 2.54 bits per heavy atom. The summed E-state index contributed by atoms with van der Waals surface area (Å²) in [6, 6.07) is 13.4. The Balaban J connectivity index is 1.82. The zero-order valence-corrected chi connectivity index (χ0v) is 12.8. The summed E-state index contributed by atoms with van der Waals surface area (Å²) in [6.07, 6.45) is 0.354. The third-order valence-corrected chi connectivity index (χ3v) is 4.39. The molecule has 1 unspecified atom stereocenters. The van der Waals surface area contributed by atoms with Gasteiger partial charge in [0, 0.05) is 18.6 Å².